The van der Waals surface area contributed by atoms with E-state index < -0.39 is 0 Å². The third-order valence-corrected chi connectivity index (χ3v) is 6.60. The van der Waals surface area contributed by atoms with Gasteiger partial charge in [0.25, 0.3) is 0 Å². The molecule has 1 atom stereocenters. The Labute approximate surface area is 145 Å². The third kappa shape index (κ3) is 4.06. The third-order valence-electron chi connectivity index (χ3n) is 4.57. The summed E-state index contributed by atoms with van der Waals surface area (Å²) in [5.41, 5.74) is 0. The van der Waals surface area contributed by atoms with Crippen LogP contribution in [0, 0.1) is 0 Å². The standard InChI is InChI=1S/C17H23BrN2OS/c18-15-6-1-2-7-16(15)22-12-8-17(21)20-11-4-10-19-9-3-5-14(19)13-20/h1-2,6-7,14H,3-5,8-13H2/t14-/m1/s1. The zero-order chi connectivity index (χ0) is 15.4. The molecule has 2 fully saturated rings. The number of carbonyl (C=O) groups is 1. The van der Waals surface area contributed by atoms with E-state index in [2.05, 4.69) is 31.8 Å². The van der Waals surface area contributed by atoms with E-state index in [0.29, 0.717) is 18.4 Å². The number of halogens is 1. The Balaban J connectivity index is 1.48. The molecule has 2 aliphatic rings. The van der Waals surface area contributed by atoms with Crippen LogP contribution in [0.3, 0.4) is 0 Å². The van der Waals surface area contributed by atoms with Crippen molar-refractivity contribution < 1.29 is 4.79 Å². The predicted octanol–water partition coefficient (Wildman–Crippen LogP) is 3.63. The maximum absolute atomic E-state index is 12.5. The summed E-state index contributed by atoms with van der Waals surface area (Å²) < 4.78 is 1.11. The fourth-order valence-corrected chi connectivity index (χ4v) is 4.91. The highest BCUT2D eigenvalue weighted by atomic mass is 79.9. The molecule has 0 bridgehead atoms. The van der Waals surface area contributed by atoms with Crippen molar-refractivity contribution in [1.29, 1.82) is 0 Å². The molecule has 2 saturated heterocycles. The number of benzene rings is 1. The van der Waals surface area contributed by atoms with Crippen molar-refractivity contribution in [3.8, 4) is 0 Å². The number of fused-ring (bicyclic) bond motifs is 1. The van der Waals surface area contributed by atoms with Gasteiger partial charge in [0, 0.05) is 47.2 Å². The minimum Gasteiger partial charge on any atom is -0.341 e. The van der Waals surface area contributed by atoms with Gasteiger partial charge in [0.2, 0.25) is 5.91 Å². The van der Waals surface area contributed by atoms with Crippen molar-refractivity contribution >= 4 is 33.6 Å². The average molecular weight is 383 g/mol. The molecule has 120 valence electrons. The van der Waals surface area contributed by atoms with Crippen LogP contribution in [-0.2, 0) is 4.79 Å². The van der Waals surface area contributed by atoms with Gasteiger partial charge in [0.05, 0.1) is 0 Å². The molecule has 0 aromatic heterocycles. The molecule has 3 rings (SSSR count). The first-order valence-electron chi connectivity index (χ1n) is 8.13. The molecular weight excluding hydrogens is 360 g/mol. The van der Waals surface area contributed by atoms with Crippen molar-refractivity contribution in [2.75, 3.05) is 31.9 Å². The Hall–Kier alpha value is -0.520. The summed E-state index contributed by atoms with van der Waals surface area (Å²) in [4.78, 5) is 18.4. The SMILES string of the molecule is O=C(CCSc1ccccc1Br)N1CCCN2CCC[C@@H]2C1. The average Bonchev–Trinajstić information content (AvgIpc) is 2.86. The van der Waals surface area contributed by atoms with Gasteiger partial charge in [-0.05, 0) is 53.9 Å². The van der Waals surface area contributed by atoms with Gasteiger partial charge in [-0.15, -0.1) is 11.8 Å². The molecule has 22 heavy (non-hydrogen) atoms. The van der Waals surface area contributed by atoms with E-state index in [1.807, 2.05) is 18.2 Å². The van der Waals surface area contributed by atoms with Crippen LogP contribution in [0.15, 0.2) is 33.6 Å². The Morgan fingerprint density at radius 2 is 2.05 bits per heavy atom. The van der Waals surface area contributed by atoms with Gasteiger partial charge >= 0.3 is 0 Å². The second kappa shape index (κ2) is 7.84. The normalized spacial score (nSPS) is 22.4. The summed E-state index contributed by atoms with van der Waals surface area (Å²) >= 11 is 5.32. The summed E-state index contributed by atoms with van der Waals surface area (Å²) in [6, 6.07) is 8.82. The Morgan fingerprint density at radius 1 is 1.23 bits per heavy atom. The van der Waals surface area contributed by atoms with Crippen molar-refractivity contribution in [3.05, 3.63) is 28.7 Å². The molecule has 1 aromatic carbocycles. The van der Waals surface area contributed by atoms with Crippen LogP contribution in [0.4, 0.5) is 0 Å². The number of thioether (sulfide) groups is 1. The highest BCUT2D eigenvalue weighted by molar-refractivity contribution is 9.10. The van der Waals surface area contributed by atoms with Gasteiger partial charge in [-0.2, -0.15) is 0 Å². The van der Waals surface area contributed by atoms with Crippen LogP contribution in [-0.4, -0.2) is 53.7 Å². The van der Waals surface area contributed by atoms with Crippen LogP contribution in [0.2, 0.25) is 0 Å². The number of carbonyl (C=O) groups excluding carboxylic acids is 1. The Bertz CT molecular complexity index is 525. The van der Waals surface area contributed by atoms with Gasteiger partial charge in [-0.3, -0.25) is 9.69 Å². The predicted molar refractivity (Wildman–Crippen MR) is 95.3 cm³/mol. The molecule has 1 aromatic rings. The number of hydrogen-bond donors (Lipinski definition) is 0. The molecule has 5 heteroatoms. The largest absolute Gasteiger partial charge is 0.341 e. The zero-order valence-corrected chi connectivity index (χ0v) is 15.2. The first-order valence-corrected chi connectivity index (χ1v) is 9.91. The molecule has 0 spiro atoms. The molecule has 0 unspecified atom stereocenters. The van der Waals surface area contributed by atoms with E-state index in [4.69, 9.17) is 0 Å². The molecule has 0 N–H and O–H groups in total. The van der Waals surface area contributed by atoms with Crippen LogP contribution in [0.1, 0.15) is 25.7 Å². The number of rotatable bonds is 4. The molecule has 2 heterocycles. The summed E-state index contributed by atoms with van der Waals surface area (Å²) in [6.45, 7) is 4.27. The van der Waals surface area contributed by atoms with E-state index in [0.717, 1.165) is 29.7 Å². The van der Waals surface area contributed by atoms with Crippen molar-refractivity contribution in [3.63, 3.8) is 0 Å². The van der Waals surface area contributed by atoms with Gasteiger partial charge in [-0.25, -0.2) is 0 Å². The van der Waals surface area contributed by atoms with Crippen molar-refractivity contribution in [1.82, 2.24) is 9.80 Å². The lowest BCUT2D eigenvalue weighted by Crippen LogP contribution is -2.39. The minimum absolute atomic E-state index is 0.327. The molecule has 2 aliphatic heterocycles. The summed E-state index contributed by atoms with van der Waals surface area (Å²) in [7, 11) is 0. The van der Waals surface area contributed by atoms with Crippen molar-refractivity contribution in [2.45, 2.75) is 36.6 Å². The summed E-state index contributed by atoms with van der Waals surface area (Å²) in [6.07, 6.45) is 4.32. The highest BCUT2D eigenvalue weighted by Crippen LogP contribution is 2.28. The van der Waals surface area contributed by atoms with Gasteiger partial charge < -0.3 is 4.90 Å². The Kier molecular flexibility index (Phi) is 5.83. The molecule has 0 aliphatic carbocycles. The summed E-state index contributed by atoms with van der Waals surface area (Å²) in [5, 5.41) is 0. The number of amides is 1. The zero-order valence-electron chi connectivity index (χ0n) is 12.8. The fourth-order valence-electron chi connectivity index (χ4n) is 3.40. The highest BCUT2D eigenvalue weighted by Gasteiger charge is 2.30. The van der Waals surface area contributed by atoms with Crippen LogP contribution in [0.25, 0.3) is 0 Å². The topological polar surface area (TPSA) is 23.6 Å². The maximum Gasteiger partial charge on any atom is 0.223 e. The lowest BCUT2D eigenvalue weighted by Gasteiger charge is -2.25. The number of nitrogens with zero attached hydrogens (tertiary/aromatic N) is 2. The number of hydrogen-bond acceptors (Lipinski definition) is 3. The monoisotopic (exact) mass is 382 g/mol. The van der Waals surface area contributed by atoms with Gasteiger partial charge in [-0.1, -0.05) is 12.1 Å². The van der Waals surface area contributed by atoms with E-state index in [9.17, 15) is 4.79 Å². The van der Waals surface area contributed by atoms with Crippen LogP contribution < -0.4 is 0 Å². The fraction of sp³-hybridized carbons (Fsp3) is 0.588. The maximum atomic E-state index is 12.5. The second-order valence-electron chi connectivity index (χ2n) is 6.05. The lowest BCUT2D eigenvalue weighted by molar-refractivity contribution is -0.131. The van der Waals surface area contributed by atoms with E-state index in [1.54, 1.807) is 11.8 Å². The molecule has 1 amide bonds. The molecular formula is C17H23BrN2OS. The van der Waals surface area contributed by atoms with Crippen LogP contribution in [0.5, 0.6) is 0 Å². The van der Waals surface area contributed by atoms with Gasteiger partial charge in [0.1, 0.15) is 0 Å². The minimum atomic E-state index is 0.327. The molecule has 0 radical (unpaired) electrons. The van der Waals surface area contributed by atoms with Gasteiger partial charge in [0.15, 0.2) is 0 Å². The Morgan fingerprint density at radius 3 is 2.91 bits per heavy atom. The van der Waals surface area contributed by atoms with Crippen molar-refractivity contribution in [2.24, 2.45) is 0 Å². The smallest absolute Gasteiger partial charge is 0.223 e. The van der Waals surface area contributed by atoms with Crippen LogP contribution >= 0.6 is 27.7 Å². The van der Waals surface area contributed by atoms with E-state index >= 15 is 0 Å². The second-order valence-corrected chi connectivity index (χ2v) is 8.05. The molecule has 3 nitrogen and oxygen atoms in total. The summed E-state index contributed by atoms with van der Waals surface area (Å²) in [5.74, 6) is 1.18. The first-order chi connectivity index (χ1) is 10.7. The van der Waals surface area contributed by atoms with E-state index in [1.165, 1.54) is 30.8 Å². The first kappa shape index (κ1) is 16.3. The quantitative estimate of drug-likeness (QED) is 0.742. The van der Waals surface area contributed by atoms with E-state index in [-0.39, 0.29) is 0 Å². The molecule has 0 saturated carbocycles. The lowest BCUT2D eigenvalue weighted by atomic mass is 10.2.